The van der Waals surface area contributed by atoms with Crippen LogP contribution in [0.4, 0.5) is 0 Å². The number of rotatable bonds is 12. The highest BCUT2D eigenvalue weighted by Gasteiger charge is 2.37. The summed E-state index contributed by atoms with van der Waals surface area (Å²) in [5.41, 5.74) is 0. The van der Waals surface area contributed by atoms with Crippen LogP contribution in [0, 0.1) is 17.8 Å². The number of hydrogen-bond donors (Lipinski definition) is 1. The van der Waals surface area contributed by atoms with E-state index < -0.39 is 5.97 Å². The van der Waals surface area contributed by atoms with Gasteiger partial charge < -0.3 is 5.11 Å². The predicted octanol–water partition coefficient (Wildman–Crippen LogP) is 5.56. The van der Waals surface area contributed by atoms with Gasteiger partial charge in [-0.25, -0.2) is 0 Å². The van der Waals surface area contributed by atoms with Crippen molar-refractivity contribution in [3.8, 4) is 0 Å². The molecule has 0 unspecified atom stereocenters. The highest BCUT2D eigenvalue weighted by molar-refractivity contribution is 5.84. The van der Waals surface area contributed by atoms with Gasteiger partial charge >= 0.3 is 5.97 Å². The topological polar surface area (TPSA) is 54.4 Å². The summed E-state index contributed by atoms with van der Waals surface area (Å²) in [6.45, 7) is 4.38. The van der Waals surface area contributed by atoms with Crippen molar-refractivity contribution in [2.24, 2.45) is 17.8 Å². The number of carboxylic acid groups (broad SMARTS) is 1. The van der Waals surface area contributed by atoms with E-state index in [0.717, 1.165) is 38.5 Å². The lowest BCUT2D eigenvalue weighted by atomic mass is 9.86. The van der Waals surface area contributed by atoms with Crippen LogP contribution in [-0.2, 0) is 9.59 Å². The lowest BCUT2D eigenvalue weighted by Crippen LogP contribution is -2.15. The maximum Gasteiger partial charge on any atom is 0.303 e. The minimum Gasteiger partial charge on any atom is -0.481 e. The molecule has 0 aliphatic heterocycles. The van der Waals surface area contributed by atoms with Gasteiger partial charge in [-0.15, -0.1) is 0 Å². The maximum absolute atomic E-state index is 12.2. The van der Waals surface area contributed by atoms with Crippen molar-refractivity contribution in [1.82, 2.24) is 0 Å². The highest BCUT2D eigenvalue weighted by atomic mass is 16.4. The van der Waals surface area contributed by atoms with Crippen molar-refractivity contribution in [1.29, 1.82) is 0 Å². The molecular weight excluding hydrogens is 300 g/mol. The third-order valence-corrected chi connectivity index (χ3v) is 5.02. The van der Waals surface area contributed by atoms with E-state index in [-0.39, 0.29) is 12.3 Å². The number of Topliss-reactive ketones (excluding diaryl/α,β-unsaturated/α-hetero) is 1. The molecule has 1 aliphatic rings. The summed E-state index contributed by atoms with van der Waals surface area (Å²) in [6.07, 6.45) is 17.9. The third kappa shape index (κ3) is 7.94. The highest BCUT2D eigenvalue weighted by Crippen LogP contribution is 2.38. The van der Waals surface area contributed by atoms with E-state index in [2.05, 4.69) is 38.2 Å². The lowest BCUT2D eigenvalue weighted by Gasteiger charge is -2.17. The first-order chi connectivity index (χ1) is 11.6. The molecule has 1 aliphatic carbocycles. The molecule has 0 aromatic carbocycles. The minimum atomic E-state index is -0.716. The molecule has 0 aromatic heterocycles. The van der Waals surface area contributed by atoms with Crippen molar-refractivity contribution in [3.63, 3.8) is 0 Å². The quantitative estimate of drug-likeness (QED) is 0.376. The third-order valence-electron chi connectivity index (χ3n) is 5.02. The van der Waals surface area contributed by atoms with Gasteiger partial charge in [0, 0.05) is 18.8 Å². The standard InChI is InChI=1S/C21H34O3/c1-3-4-5-6-7-10-13-18-17(2)16-20(22)19(18)14-11-8-9-12-15-21(23)24/h6-7,10,13,17-19H,3-5,8-9,11-12,14-16H2,1-2H3,(H,23,24)/b7-6+,13-10+/t17-,18+,19-/m1/s1. The molecule has 3 atom stereocenters. The number of unbranched alkanes of at least 4 members (excludes halogenated alkanes) is 5. The van der Waals surface area contributed by atoms with Gasteiger partial charge in [0.2, 0.25) is 0 Å². The molecule has 0 bridgehead atoms. The predicted molar refractivity (Wildman–Crippen MR) is 98.9 cm³/mol. The summed E-state index contributed by atoms with van der Waals surface area (Å²) in [5, 5.41) is 8.63. The molecule has 0 aromatic rings. The van der Waals surface area contributed by atoms with Crippen molar-refractivity contribution in [2.45, 2.75) is 78.1 Å². The number of carbonyl (C=O) groups excluding carboxylic acids is 1. The Morgan fingerprint density at radius 3 is 2.62 bits per heavy atom. The zero-order valence-electron chi connectivity index (χ0n) is 15.4. The second-order valence-electron chi connectivity index (χ2n) is 7.13. The van der Waals surface area contributed by atoms with Gasteiger partial charge in [0.15, 0.2) is 0 Å². The van der Waals surface area contributed by atoms with E-state index in [1.54, 1.807) is 0 Å². The Labute approximate surface area is 147 Å². The van der Waals surface area contributed by atoms with Crippen LogP contribution in [0.25, 0.3) is 0 Å². The van der Waals surface area contributed by atoms with Crippen LogP contribution in [0.15, 0.2) is 24.3 Å². The van der Waals surface area contributed by atoms with Crippen LogP contribution in [0.3, 0.4) is 0 Å². The molecule has 3 heteroatoms. The van der Waals surface area contributed by atoms with Crippen molar-refractivity contribution in [2.75, 3.05) is 0 Å². The second kappa shape index (κ2) is 12.0. The number of aliphatic carboxylic acids is 1. The van der Waals surface area contributed by atoms with Crippen LogP contribution >= 0.6 is 0 Å². The van der Waals surface area contributed by atoms with Crippen LogP contribution in [0.1, 0.15) is 78.1 Å². The summed E-state index contributed by atoms with van der Waals surface area (Å²) in [7, 11) is 0. The lowest BCUT2D eigenvalue weighted by molar-refractivity contribution is -0.137. The minimum absolute atomic E-state index is 0.166. The number of hydrogen-bond acceptors (Lipinski definition) is 2. The molecule has 1 saturated carbocycles. The molecule has 0 amide bonds. The van der Waals surface area contributed by atoms with Crippen molar-refractivity contribution < 1.29 is 14.7 Å². The van der Waals surface area contributed by atoms with Crippen molar-refractivity contribution in [3.05, 3.63) is 24.3 Å². The number of ketones is 1. The Kier molecular flexibility index (Phi) is 10.4. The van der Waals surface area contributed by atoms with E-state index in [1.165, 1.54) is 12.8 Å². The van der Waals surface area contributed by atoms with Gasteiger partial charge in [-0.2, -0.15) is 0 Å². The monoisotopic (exact) mass is 334 g/mol. The van der Waals surface area contributed by atoms with Gasteiger partial charge in [-0.05, 0) is 31.1 Å². The fourth-order valence-corrected chi connectivity index (χ4v) is 3.58. The first-order valence-electron chi connectivity index (χ1n) is 9.64. The van der Waals surface area contributed by atoms with Crippen molar-refractivity contribution >= 4 is 11.8 Å². The zero-order chi connectivity index (χ0) is 17.8. The Morgan fingerprint density at radius 1 is 1.17 bits per heavy atom. The molecule has 136 valence electrons. The molecule has 0 saturated heterocycles. The van der Waals surface area contributed by atoms with E-state index in [1.807, 2.05) is 0 Å². The normalized spacial score (nSPS) is 24.4. The van der Waals surface area contributed by atoms with E-state index >= 15 is 0 Å². The van der Waals surface area contributed by atoms with Crippen LogP contribution in [-0.4, -0.2) is 16.9 Å². The Hall–Kier alpha value is -1.38. The average Bonchev–Trinajstić information content (AvgIpc) is 2.80. The molecule has 1 fully saturated rings. The molecular formula is C21H34O3. The molecule has 24 heavy (non-hydrogen) atoms. The zero-order valence-corrected chi connectivity index (χ0v) is 15.4. The van der Waals surface area contributed by atoms with Gasteiger partial charge in [-0.1, -0.05) is 70.3 Å². The maximum atomic E-state index is 12.2. The average molecular weight is 335 g/mol. The largest absolute Gasteiger partial charge is 0.481 e. The van der Waals surface area contributed by atoms with E-state index in [9.17, 15) is 9.59 Å². The second-order valence-corrected chi connectivity index (χ2v) is 7.13. The summed E-state index contributed by atoms with van der Waals surface area (Å²) in [6, 6.07) is 0. The Bertz CT molecular complexity index is 436. The summed E-state index contributed by atoms with van der Waals surface area (Å²) in [4.78, 5) is 22.7. The fourth-order valence-electron chi connectivity index (χ4n) is 3.58. The molecule has 0 heterocycles. The number of allylic oxidation sites excluding steroid dienone is 4. The number of carbonyl (C=O) groups is 2. The number of carboxylic acids is 1. The molecule has 3 nitrogen and oxygen atoms in total. The Morgan fingerprint density at radius 2 is 1.92 bits per heavy atom. The van der Waals surface area contributed by atoms with Crippen LogP contribution < -0.4 is 0 Å². The molecule has 1 rings (SSSR count). The van der Waals surface area contributed by atoms with Gasteiger partial charge in [0.1, 0.15) is 5.78 Å². The summed E-state index contributed by atoms with van der Waals surface area (Å²) in [5.74, 6) is 0.673. The van der Waals surface area contributed by atoms with E-state index in [4.69, 9.17) is 5.11 Å². The van der Waals surface area contributed by atoms with E-state index in [0.29, 0.717) is 24.0 Å². The fraction of sp³-hybridized carbons (Fsp3) is 0.714. The first-order valence-corrected chi connectivity index (χ1v) is 9.64. The SMILES string of the molecule is CCCC/C=C/C=C/[C@H]1[C@H](C)CC(=O)[C@@H]1CCCCCCC(=O)O. The van der Waals surface area contributed by atoms with Gasteiger partial charge in [0.25, 0.3) is 0 Å². The smallest absolute Gasteiger partial charge is 0.303 e. The van der Waals surface area contributed by atoms with Crippen LogP contribution in [0.5, 0.6) is 0 Å². The Balaban J connectivity index is 2.36. The van der Waals surface area contributed by atoms with Gasteiger partial charge in [-0.3, -0.25) is 9.59 Å². The summed E-state index contributed by atoms with van der Waals surface area (Å²) >= 11 is 0. The molecule has 0 radical (unpaired) electrons. The van der Waals surface area contributed by atoms with Gasteiger partial charge in [0.05, 0.1) is 0 Å². The molecule has 0 spiro atoms. The first kappa shape index (κ1) is 20.7. The van der Waals surface area contributed by atoms with Crippen LogP contribution in [0.2, 0.25) is 0 Å². The molecule has 1 N–H and O–H groups in total. The summed E-state index contributed by atoms with van der Waals surface area (Å²) < 4.78 is 0.